The number of nitrogens with one attached hydrogen (secondary N) is 1. The Hall–Kier alpha value is -0.780. The molecule has 0 aromatic heterocycles. The first-order valence-corrected chi connectivity index (χ1v) is 6.53. The molecular weight excluding hydrogens is 245 g/mol. The highest BCUT2D eigenvalue weighted by Crippen LogP contribution is 2.19. The van der Waals surface area contributed by atoms with Gasteiger partial charge in [-0.3, -0.25) is 4.79 Å². The summed E-state index contributed by atoms with van der Waals surface area (Å²) in [6.07, 6.45) is -0.416. The predicted molar refractivity (Wildman–Crippen MR) is 63.2 cm³/mol. The summed E-state index contributed by atoms with van der Waals surface area (Å²) >= 11 is 0. The van der Waals surface area contributed by atoms with Crippen molar-refractivity contribution in [1.29, 1.82) is 0 Å². The number of rotatable bonds is 5. The Bertz CT molecular complexity index is 263. The van der Waals surface area contributed by atoms with Crippen molar-refractivity contribution in [3.63, 3.8) is 0 Å². The van der Waals surface area contributed by atoms with Crippen LogP contribution in [0.3, 0.4) is 0 Å². The van der Waals surface area contributed by atoms with Crippen LogP contribution < -0.4 is 5.32 Å². The van der Waals surface area contributed by atoms with Crippen LogP contribution in [0.25, 0.3) is 0 Å². The molecule has 0 spiro atoms. The monoisotopic (exact) mass is 266 g/mol. The van der Waals surface area contributed by atoms with Crippen LogP contribution in [0.2, 0.25) is 0 Å². The van der Waals surface area contributed by atoms with Gasteiger partial charge >= 0.3 is 6.18 Å². The molecule has 0 radical (unpaired) electrons. The van der Waals surface area contributed by atoms with E-state index >= 15 is 0 Å². The topological polar surface area (TPSA) is 32.3 Å². The molecule has 1 rings (SSSR count). The first kappa shape index (κ1) is 15.3. The SMILES string of the molecule is CCCCN(CC(F)(F)F)C(=O)[C@@H]1CCCCN1. The molecule has 0 aromatic carbocycles. The number of piperidine rings is 1. The van der Waals surface area contributed by atoms with Crippen molar-refractivity contribution >= 4 is 5.91 Å². The molecule has 106 valence electrons. The van der Waals surface area contributed by atoms with E-state index in [4.69, 9.17) is 0 Å². The van der Waals surface area contributed by atoms with Gasteiger partial charge in [-0.25, -0.2) is 0 Å². The Labute approximate surface area is 106 Å². The Morgan fingerprint density at radius 3 is 2.61 bits per heavy atom. The van der Waals surface area contributed by atoms with Crippen LogP contribution >= 0.6 is 0 Å². The fraction of sp³-hybridized carbons (Fsp3) is 0.917. The second-order valence-corrected chi connectivity index (χ2v) is 4.73. The third kappa shape index (κ3) is 5.25. The van der Waals surface area contributed by atoms with Crippen molar-refractivity contribution < 1.29 is 18.0 Å². The summed E-state index contributed by atoms with van der Waals surface area (Å²) in [7, 11) is 0. The Kier molecular flexibility index (Phi) is 5.91. The number of nitrogens with zero attached hydrogens (tertiary/aromatic N) is 1. The quantitative estimate of drug-likeness (QED) is 0.828. The molecule has 1 amide bonds. The summed E-state index contributed by atoms with van der Waals surface area (Å²) in [4.78, 5) is 13.0. The molecule has 1 saturated heterocycles. The molecule has 0 aromatic rings. The average molecular weight is 266 g/mol. The maximum absolute atomic E-state index is 12.4. The van der Waals surface area contributed by atoms with Crippen molar-refractivity contribution in [2.75, 3.05) is 19.6 Å². The van der Waals surface area contributed by atoms with E-state index in [0.29, 0.717) is 19.4 Å². The van der Waals surface area contributed by atoms with Gasteiger partial charge in [0.2, 0.25) is 5.91 Å². The number of hydrogen-bond donors (Lipinski definition) is 1. The molecule has 0 aliphatic carbocycles. The number of carbonyl (C=O) groups excluding carboxylic acids is 1. The summed E-state index contributed by atoms with van der Waals surface area (Å²) in [5.74, 6) is -0.402. The van der Waals surface area contributed by atoms with Crippen LogP contribution in [0, 0.1) is 0 Å². The van der Waals surface area contributed by atoms with Gasteiger partial charge in [-0.05, 0) is 25.8 Å². The number of halogens is 3. The van der Waals surface area contributed by atoms with Gasteiger partial charge in [0.25, 0.3) is 0 Å². The van der Waals surface area contributed by atoms with Crippen LogP contribution in [0.5, 0.6) is 0 Å². The average Bonchev–Trinajstić information content (AvgIpc) is 2.33. The zero-order chi connectivity index (χ0) is 13.6. The molecular formula is C12H21F3N2O. The first-order chi connectivity index (χ1) is 8.44. The van der Waals surface area contributed by atoms with Crippen molar-refractivity contribution in [3.05, 3.63) is 0 Å². The van der Waals surface area contributed by atoms with E-state index in [0.717, 1.165) is 24.2 Å². The molecule has 1 aliphatic rings. The highest BCUT2D eigenvalue weighted by molar-refractivity contribution is 5.82. The highest BCUT2D eigenvalue weighted by Gasteiger charge is 2.35. The summed E-state index contributed by atoms with van der Waals surface area (Å²) in [5, 5.41) is 3.00. The smallest absolute Gasteiger partial charge is 0.332 e. The minimum Gasteiger partial charge on any atom is -0.332 e. The number of amides is 1. The number of hydrogen-bond acceptors (Lipinski definition) is 2. The molecule has 1 aliphatic heterocycles. The van der Waals surface area contributed by atoms with Gasteiger partial charge in [-0.1, -0.05) is 19.8 Å². The zero-order valence-corrected chi connectivity index (χ0v) is 10.7. The first-order valence-electron chi connectivity index (χ1n) is 6.53. The standard InChI is InChI=1S/C12H21F3N2O/c1-2-3-8-17(9-12(13,14)15)11(18)10-6-4-5-7-16-10/h10,16H,2-9H2,1H3/t10-/m0/s1. The summed E-state index contributed by atoms with van der Waals surface area (Å²) in [6, 6.07) is -0.432. The molecule has 18 heavy (non-hydrogen) atoms. The lowest BCUT2D eigenvalue weighted by Gasteiger charge is -2.30. The van der Waals surface area contributed by atoms with Gasteiger partial charge in [-0.2, -0.15) is 13.2 Å². The van der Waals surface area contributed by atoms with Gasteiger partial charge in [0.1, 0.15) is 6.54 Å². The third-order valence-corrected chi connectivity index (χ3v) is 3.07. The van der Waals surface area contributed by atoms with E-state index in [2.05, 4.69) is 5.32 Å². The lowest BCUT2D eigenvalue weighted by Crippen LogP contribution is -2.51. The van der Waals surface area contributed by atoms with E-state index in [-0.39, 0.29) is 6.54 Å². The zero-order valence-electron chi connectivity index (χ0n) is 10.7. The van der Waals surface area contributed by atoms with Crippen LogP contribution in [-0.2, 0) is 4.79 Å². The van der Waals surface area contributed by atoms with E-state index < -0.39 is 24.7 Å². The maximum atomic E-state index is 12.4. The van der Waals surface area contributed by atoms with Gasteiger partial charge in [0.05, 0.1) is 6.04 Å². The summed E-state index contributed by atoms with van der Waals surface area (Å²) in [5.41, 5.74) is 0. The largest absolute Gasteiger partial charge is 0.406 e. The van der Waals surface area contributed by atoms with Crippen molar-refractivity contribution in [3.8, 4) is 0 Å². The molecule has 6 heteroatoms. The summed E-state index contributed by atoms with van der Waals surface area (Å²) in [6.45, 7) is 1.66. The number of unbranched alkanes of at least 4 members (excludes halogenated alkanes) is 1. The number of carbonyl (C=O) groups is 1. The molecule has 0 saturated carbocycles. The minimum atomic E-state index is -4.32. The van der Waals surface area contributed by atoms with E-state index in [1.807, 2.05) is 6.92 Å². The van der Waals surface area contributed by atoms with Crippen molar-refractivity contribution in [2.24, 2.45) is 0 Å². The van der Waals surface area contributed by atoms with Gasteiger partial charge in [0.15, 0.2) is 0 Å². The van der Waals surface area contributed by atoms with Gasteiger partial charge in [0, 0.05) is 6.54 Å². The molecule has 0 bridgehead atoms. The number of alkyl halides is 3. The predicted octanol–water partition coefficient (Wildman–Crippen LogP) is 2.32. The van der Waals surface area contributed by atoms with Crippen LogP contribution in [-0.4, -0.2) is 42.7 Å². The van der Waals surface area contributed by atoms with Crippen molar-refractivity contribution in [2.45, 2.75) is 51.2 Å². The lowest BCUT2D eigenvalue weighted by molar-refractivity contribution is -0.163. The molecule has 0 unspecified atom stereocenters. The molecule has 3 nitrogen and oxygen atoms in total. The van der Waals surface area contributed by atoms with E-state index in [1.165, 1.54) is 0 Å². The lowest BCUT2D eigenvalue weighted by atomic mass is 10.0. The van der Waals surface area contributed by atoms with Gasteiger partial charge < -0.3 is 10.2 Å². The Morgan fingerprint density at radius 1 is 1.39 bits per heavy atom. The highest BCUT2D eigenvalue weighted by atomic mass is 19.4. The Morgan fingerprint density at radius 2 is 2.11 bits per heavy atom. The molecule has 1 heterocycles. The maximum Gasteiger partial charge on any atom is 0.406 e. The van der Waals surface area contributed by atoms with Crippen LogP contribution in [0.4, 0.5) is 13.2 Å². The van der Waals surface area contributed by atoms with E-state index in [9.17, 15) is 18.0 Å². The van der Waals surface area contributed by atoms with Gasteiger partial charge in [-0.15, -0.1) is 0 Å². The molecule has 1 atom stereocenters. The fourth-order valence-corrected chi connectivity index (χ4v) is 2.12. The molecule has 1 N–H and O–H groups in total. The third-order valence-electron chi connectivity index (χ3n) is 3.07. The van der Waals surface area contributed by atoms with Crippen LogP contribution in [0.1, 0.15) is 39.0 Å². The minimum absolute atomic E-state index is 0.188. The second-order valence-electron chi connectivity index (χ2n) is 4.73. The van der Waals surface area contributed by atoms with Crippen molar-refractivity contribution in [1.82, 2.24) is 10.2 Å². The second kappa shape index (κ2) is 6.97. The summed E-state index contributed by atoms with van der Waals surface area (Å²) < 4.78 is 37.3. The van der Waals surface area contributed by atoms with Crippen LogP contribution in [0.15, 0.2) is 0 Å². The molecule has 1 fully saturated rings. The Balaban J connectivity index is 2.59. The normalized spacial score (nSPS) is 20.8. The fourth-order valence-electron chi connectivity index (χ4n) is 2.12. The van der Waals surface area contributed by atoms with E-state index in [1.54, 1.807) is 0 Å².